The molecule has 5 heteroatoms. The van der Waals surface area contributed by atoms with Gasteiger partial charge in [-0.1, -0.05) is 109 Å². The van der Waals surface area contributed by atoms with Crippen molar-refractivity contribution in [1.82, 2.24) is 19.5 Å². The molecule has 9 rings (SSSR count). The molecule has 5 nitrogen and oxygen atoms in total. The molecule has 0 bridgehead atoms. The zero-order chi connectivity index (χ0) is 30.5. The van der Waals surface area contributed by atoms with Gasteiger partial charge >= 0.3 is 0 Å². The fourth-order valence-electron chi connectivity index (χ4n) is 6.29. The molecule has 46 heavy (non-hydrogen) atoms. The Balaban J connectivity index is 1.24. The van der Waals surface area contributed by atoms with Gasteiger partial charge < -0.3 is 4.42 Å². The minimum Gasteiger partial charge on any atom is -0.456 e. The van der Waals surface area contributed by atoms with Crippen molar-refractivity contribution in [3.63, 3.8) is 0 Å². The van der Waals surface area contributed by atoms with E-state index in [0.717, 1.165) is 78.1 Å². The van der Waals surface area contributed by atoms with Crippen molar-refractivity contribution >= 4 is 33.0 Å². The molecule has 0 fully saturated rings. The first-order valence-electron chi connectivity index (χ1n) is 15.3. The van der Waals surface area contributed by atoms with E-state index in [4.69, 9.17) is 19.4 Å². The summed E-state index contributed by atoms with van der Waals surface area (Å²) in [7, 11) is 0. The molecule has 0 amide bonds. The van der Waals surface area contributed by atoms with Crippen molar-refractivity contribution in [3.05, 3.63) is 158 Å². The fraction of sp³-hybridized carbons (Fsp3) is 0. The van der Waals surface area contributed by atoms with Gasteiger partial charge in [0.2, 0.25) is 0 Å². The van der Waals surface area contributed by atoms with E-state index in [1.165, 1.54) is 0 Å². The summed E-state index contributed by atoms with van der Waals surface area (Å²) in [5.41, 5.74) is 10.4. The summed E-state index contributed by atoms with van der Waals surface area (Å²) in [5, 5.41) is 2.05. The molecule has 0 aliphatic heterocycles. The molecule has 0 radical (unpaired) electrons. The SMILES string of the molecule is c1ccc(-c2cc(-c3cccc4oc5cc(-c6nc7ccccc7n6-c6ccccc6)ccc5c34)nc(-c3ccccc3)n2)cc1. The molecular formula is C41H26N4O. The number of hydrogen-bond acceptors (Lipinski definition) is 4. The lowest BCUT2D eigenvalue weighted by Crippen LogP contribution is -1.97. The zero-order valence-electron chi connectivity index (χ0n) is 24.7. The van der Waals surface area contributed by atoms with Gasteiger partial charge in [0, 0.05) is 38.7 Å². The van der Waals surface area contributed by atoms with E-state index in [1.807, 2.05) is 72.8 Å². The number of imidazole rings is 1. The van der Waals surface area contributed by atoms with Crippen molar-refractivity contribution in [2.45, 2.75) is 0 Å². The van der Waals surface area contributed by atoms with Gasteiger partial charge in [-0.2, -0.15) is 0 Å². The highest BCUT2D eigenvalue weighted by atomic mass is 16.3. The highest BCUT2D eigenvalue weighted by molar-refractivity contribution is 6.12. The van der Waals surface area contributed by atoms with E-state index in [2.05, 4.69) is 89.5 Å². The number of benzene rings is 6. The van der Waals surface area contributed by atoms with Crippen LogP contribution in [0.1, 0.15) is 0 Å². The predicted molar refractivity (Wildman–Crippen MR) is 186 cm³/mol. The second kappa shape index (κ2) is 10.7. The number of aromatic nitrogens is 4. The van der Waals surface area contributed by atoms with Gasteiger partial charge in [0.05, 0.1) is 22.4 Å². The average Bonchev–Trinajstić information content (AvgIpc) is 3.71. The van der Waals surface area contributed by atoms with Crippen LogP contribution >= 0.6 is 0 Å². The summed E-state index contributed by atoms with van der Waals surface area (Å²) in [5.74, 6) is 1.55. The van der Waals surface area contributed by atoms with Gasteiger partial charge in [-0.05, 0) is 48.5 Å². The van der Waals surface area contributed by atoms with Gasteiger partial charge in [-0.3, -0.25) is 4.57 Å². The fourth-order valence-corrected chi connectivity index (χ4v) is 6.29. The molecule has 0 aliphatic rings. The van der Waals surface area contributed by atoms with Crippen molar-refractivity contribution in [2.24, 2.45) is 0 Å². The lowest BCUT2D eigenvalue weighted by atomic mass is 10.0. The number of fused-ring (bicyclic) bond motifs is 4. The quantitative estimate of drug-likeness (QED) is 0.200. The smallest absolute Gasteiger partial charge is 0.160 e. The van der Waals surface area contributed by atoms with Crippen molar-refractivity contribution < 1.29 is 4.42 Å². The summed E-state index contributed by atoms with van der Waals surface area (Å²) >= 11 is 0. The van der Waals surface area contributed by atoms with Crippen LogP contribution in [0.4, 0.5) is 0 Å². The van der Waals surface area contributed by atoms with Crippen LogP contribution in [0.5, 0.6) is 0 Å². The molecule has 216 valence electrons. The molecule has 0 saturated carbocycles. The largest absolute Gasteiger partial charge is 0.456 e. The van der Waals surface area contributed by atoms with E-state index in [1.54, 1.807) is 0 Å². The number of rotatable bonds is 5. The third-order valence-electron chi connectivity index (χ3n) is 8.43. The van der Waals surface area contributed by atoms with E-state index < -0.39 is 0 Å². The Morgan fingerprint density at radius 2 is 1.17 bits per heavy atom. The highest BCUT2D eigenvalue weighted by Crippen LogP contribution is 2.39. The molecule has 9 aromatic rings. The van der Waals surface area contributed by atoms with Crippen molar-refractivity contribution in [3.8, 4) is 51.0 Å². The van der Waals surface area contributed by atoms with Crippen LogP contribution in [0.3, 0.4) is 0 Å². The molecule has 0 atom stereocenters. The number of nitrogens with zero attached hydrogens (tertiary/aromatic N) is 4. The molecule has 0 aliphatic carbocycles. The Labute approximate surface area is 265 Å². The highest BCUT2D eigenvalue weighted by Gasteiger charge is 2.19. The van der Waals surface area contributed by atoms with Crippen LogP contribution < -0.4 is 0 Å². The first kappa shape index (κ1) is 26.1. The monoisotopic (exact) mass is 590 g/mol. The maximum absolute atomic E-state index is 6.55. The van der Waals surface area contributed by atoms with Gasteiger partial charge in [-0.25, -0.2) is 15.0 Å². The molecule has 6 aromatic carbocycles. The van der Waals surface area contributed by atoms with Crippen LogP contribution in [-0.2, 0) is 0 Å². The molecule has 3 heterocycles. The summed E-state index contributed by atoms with van der Waals surface area (Å²) in [6.07, 6.45) is 0. The van der Waals surface area contributed by atoms with Crippen LogP contribution in [-0.4, -0.2) is 19.5 Å². The van der Waals surface area contributed by atoms with Gasteiger partial charge in [0.15, 0.2) is 5.82 Å². The van der Waals surface area contributed by atoms with Crippen LogP contribution in [0.15, 0.2) is 162 Å². The van der Waals surface area contributed by atoms with Crippen LogP contribution in [0.25, 0.3) is 83.9 Å². The lowest BCUT2D eigenvalue weighted by Gasteiger charge is -2.10. The Bertz CT molecular complexity index is 2460. The first-order chi connectivity index (χ1) is 22.8. The average molecular weight is 591 g/mol. The molecular weight excluding hydrogens is 564 g/mol. The van der Waals surface area contributed by atoms with Gasteiger partial charge in [-0.15, -0.1) is 0 Å². The maximum Gasteiger partial charge on any atom is 0.160 e. The Hall–Kier alpha value is -6.33. The second-order valence-corrected chi connectivity index (χ2v) is 11.3. The van der Waals surface area contributed by atoms with E-state index in [9.17, 15) is 0 Å². The molecule has 0 unspecified atom stereocenters. The summed E-state index contributed by atoms with van der Waals surface area (Å²) in [6, 6.07) is 53.6. The third kappa shape index (κ3) is 4.37. The first-order valence-corrected chi connectivity index (χ1v) is 15.3. The Morgan fingerprint density at radius 1 is 0.478 bits per heavy atom. The molecule has 0 N–H and O–H groups in total. The van der Waals surface area contributed by atoms with Gasteiger partial charge in [0.1, 0.15) is 17.0 Å². The minimum atomic E-state index is 0.684. The lowest BCUT2D eigenvalue weighted by molar-refractivity contribution is 0.669. The minimum absolute atomic E-state index is 0.684. The zero-order valence-corrected chi connectivity index (χ0v) is 24.7. The maximum atomic E-state index is 6.55. The summed E-state index contributed by atoms with van der Waals surface area (Å²) in [6.45, 7) is 0. The molecule has 0 saturated heterocycles. The van der Waals surface area contributed by atoms with E-state index in [0.29, 0.717) is 5.82 Å². The Kier molecular flexibility index (Phi) is 6.06. The number of furan rings is 1. The standard InChI is InChI=1S/C41H26N4O/c1-4-13-27(14-5-1)34-26-35(43-40(42-34)28-15-6-2-7-16-28)31-19-12-22-37-39(31)32-24-23-29(25-38(32)46-37)41-44-33-20-10-11-21-36(33)45(41)30-17-8-3-9-18-30/h1-26H. The van der Waals surface area contributed by atoms with E-state index in [-0.39, 0.29) is 0 Å². The number of para-hydroxylation sites is 3. The topological polar surface area (TPSA) is 56.7 Å². The van der Waals surface area contributed by atoms with Crippen molar-refractivity contribution in [1.29, 1.82) is 0 Å². The van der Waals surface area contributed by atoms with Crippen LogP contribution in [0.2, 0.25) is 0 Å². The predicted octanol–water partition coefficient (Wildman–Crippen LogP) is 10.4. The third-order valence-corrected chi connectivity index (χ3v) is 8.43. The molecule has 0 spiro atoms. The second-order valence-electron chi connectivity index (χ2n) is 11.3. The van der Waals surface area contributed by atoms with Crippen molar-refractivity contribution in [2.75, 3.05) is 0 Å². The normalized spacial score (nSPS) is 11.5. The van der Waals surface area contributed by atoms with Gasteiger partial charge in [0.25, 0.3) is 0 Å². The van der Waals surface area contributed by atoms with E-state index >= 15 is 0 Å². The Morgan fingerprint density at radius 3 is 1.98 bits per heavy atom. The molecule has 3 aromatic heterocycles. The van der Waals surface area contributed by atoms with Crippen LogP contribution in [0, 0.1) is 0 Å². The summed E-state index contributed by atoms with van der Waals surface area (Å²) < 4.78 is 8.76. The summed E-state index contributed by atoms with van der Waals surface area (Å²) in [4.78, 5) is 15.2. The number of hydrogen-bond donors (Lipinski definition) is 0.